The van der Waals surface area contributed by atoms with Gasteiger partial charge in [0, 0.05) is 32.2 Å². The summed E-state index contributed by atoms with van der Waals surface area (Å²) in [4.78, 5) is 17.3. The van der Waals surface area contributed by atoms with Crippen LogP contribution >= 0.6 is 0 Å². The summed E-state index contributed by atoms with van der Waals surface area (Å²) < 4.78 is 11.1. The average Bonchev–Trinajstić information content (AvgIpc) is 3.56. The van der Waals surface area contributed by atoms with E-state index in [1.807, 2.05) is 17.0 Å². The normalized spacial score (nSPS) is 21.8. The zero-order valence-corrected chi connectivity index (χ0v) is 23.5. The molecule has 2 fully saturated rings. The van der Waals surface area contributed by atoms with Gasteiger partial charge < -0.3 is 24.4 Å². The van der Waals surface area contributed by atoms with Gasteiger partial charge in [0.2, 0.25) is 0 Å². The predicted octanol–water partition coefficient (Wildman–Crippen LogP) is 5.36. The van der Waals surface area contributed by atoms with Crippen molar-refractivity contribution in [3.63, 3.8) is 0 Å². The predicted molar refractivity (Wildman–Crippen MR) is 151 cm³/mol. The SMILES string of the molecule is CO.COC(=O)N1Cc2ccccc2C(C2CCCC2)(C2CCN(CCCOc3ccc(C#N)cc3)CC2)C1. The van der Waals surface area contributed by atoms with Crippen molar-refractivity contribution < 1.29 is 19.4 Å². The monoisotopic (exact) mass is 533 g/mol. The molecule has 3 aliphatic rings. The lowest BCUT2D eigenvalue weighted by molar-refractivity contribution is 0.0343. The van der Waals surface area contributed by atoms with Gasteiger partial charge in [-0.15, -0.1) is 0 Å². The fourth-order valence-electron chi connectivity index (χ4n) is 7.28. The second-order valence-corrected chi connectivity index (χ2v) is 11.0. The maximum absolute atomic E-state index is 12.8. The maximum Gasteiger partial charge on any atom is 0.409 e. The number of likely N-dealkylation sites (tertiary alicyclic amines) is 1. The van der Waals surface area contributed by atoms with Gasteiger partial charge in [-0.2, -0.15) is 5.26 Å². The van der Waals surface area contributed by atoms with E-state index < -0.39 is 0 Å². The van der Waals surface area contributed by atoms with Crippen molar-refractivity contribution in [2.45, 2.75) is 56.9 Å². The van der Waals surface area contributed by atoms with Crippen molar-refractivity contribution in [3.05, 3.63) is 65.2 Å². The minimum absolute atomic E-state index is 0.0182. The largest absolute Gasteiger partial charge is 0.494 e. The van der Waals surface area contributed by atoms with Gasteiger partial charge in [-0.3, -0.25) is 0 Å². The summed E-state index contributed by atoms with van der Waals surface area (Å²) >= 11 is 0. The van der Waals surface area contributed by atoms with Gasteiger partial charge >= 0.3 is 6.09 Å². The molecule has 0 aromatic heterocycles. The van der Waals surface area contributed by atoms with Crippen LogP contribution in [0.1, 0.15) is 61.6 Å². The van der Waals surface area contributed by atoms with Crippen LogP contribution in [0.4, 0.5) is 4.79 Å². The highest BCUT2D eigenvalue weighted by Gasteiger charge is 2.52. The highest BCUT2D eigenvalue weighted by Crippen LogP contribution is 2.53. The number of fused-ring (bicyclic) bond motifs is 1. The molecule has 1 atom stereocenters. The number of amides is 1. The van der Waals surface area contributed by atoms with Gasteiger partial charge in [0.1, 0.15) is 5.75 Å². The summed E-state index contributed by atoms with van der Waals surface area (Å²) in [5, 5.41) is 15.9. The average molecular weight is 534 g/mol. The first kappa shape index (κ1) is 28.9. The van der Waals surface area contributed by atoms with E-state index in [4.69, 9.17) is 19.8 Å². The Hall–Kier alpha value is -3.08. The van der Waals surface area contributed by atoms with Crippen LogP contribution in [0.25, 0.3) is 0 Å². The molecule has 1 saturated carbocycles. The third-order valence-corrected chi connectivity index (χ3v) is 9.04. The van der Waals surface area contributed by atoms with Crippen molar-refractivity contribution >= 4 is 6.09 Å². The molecule has 0 radical (unpaired) electrons. The third-order valence-electron chi connectivity index (χ3n) is 9.04. The molecule has 5 rings (SSSR count). The molecule has 1 N–H and O–H groups in total. The Morgan fingerprint density at radius 3 is 2.36 bits per heavy atom. The van der Waals surface area contributed by atoms with E-state index >= 15 is 0 Å². The Morgan fingerprint density at radius 1 is 1.03 bits per heavy atom. The number of hydrogen-bond donors (Lipinski definition) is 1. The minimum atomic E-state index is -0.198. The van der Waals surface area contributed by atoms with Gasteiger partial charge in [-0.05, 0) is 92.4 Å². The Kier molecular flexibility index (Phi) is 10.2. The Morgan fingerprint density at radius 2 is 1.69 bits per heavy atom. The lowest BCUT2D eigenvalue weighted by atomic mass is 9.57. The van der Waals surface area contributed by atoms with Crippen molar-refractivity contribution in [2.75, 3.05) is 47.0 Å². The number of carbonyl (C=O) groups excluding carboxylic acids is 1. The van der Waals surface area contributed by atoms with Crippen molar-refractivity contribution in [1.29, 1.82) is 5.26 Å². The number of nitriles is 1. The number of aliphatic hydroxyl groups excluding tert-OH is 1. The summed E-state index contributed by atoms with van der Waals surface area (Å²) in [6.07, 6.45) is 8.23. The molecule has 7 heteroatoms. The van der Waals surface area contributed by atoms with E-state index in [9.17, 15) is 4.79 Å². The van der Waals surface area contributed by atoms with Crippen molar-refractivity contribution in [1.82, 2.24) is 9.80 Å². The zero-order chi connectivity index (χ0) is 27.7. The van der Waals surface area contributed by atoms with E-state index in [1.165, 1.54) is 43.9 Å². The Bertz CT molecular complexity index is 1100. The van der Waals surface area contributed by atoms with Gasteiger partial charge in [0.25, 0.3) is 0 Å². The molecule has 1 amide bonds. The zero-order valence-electron chi connectivity index (χ0n) is 23.5. The Labute approximate surface area is 233 Å². The number of nitrogens with zero attached hydrogens (tertiary/aromatic N) is 3. The second kappa shape index (κ2) is 13.8. The van der Waals surface area contributed by atoms with Crippen LogP contribution in [-0.4, -0.2) is 68.0 Å². The van der Waals surface area contributed by atoms with Gasteiger partial charge in [-0.1, -0.05) is 37.1 Å². The lowest BCUT2D eigenvalue weighted by Gasteiger charge is -2.53. The number of aliphatic hydroxyl groups is 1. The summed E-state index contributed by atoms with van der Waals surface area (Å²) in [5.74, 6) is 2.01. The van der Waals surface area contributed by atoms with Gasteiger partial charge in [-0.25, -0.2) is 4.79 Å². The van der Waals surface area contributed by atoms with Gasteiger partial charge in [0.05, 0.1) is 25.3 Å². The van der Waals surface area contributed by atoms with Crippen molar-refractivity contribution in [2.24, 2.45) is 11.8 Å². The topological polar surface area (TPSA) is 86.0 Å². The molecule has 2 aliphatic heterocycles. The van der Waals surface area contributed by atoms with E-state index in [-0.39, 0.29) is 11.5 Å². The van der Waals surface area contributed by atoms with Crippen LogP contribution in [0.15, 0.2) is 48.5 Å². The molecule has 2 aromatic carbocycles. The first-order valence-electron chi connectivity index (χ1n) is 14.4. The number of piperidine rings is 1. The molecule has 39 heavy (non-hydrogen) atoms. The van der Waals surface area contributed by atoms with Crippen LogP contribution in [0.5, 0.6) is 5.75 Å². The number of carbonyl (C=O) groups is 1. The minimum Gasteiger partial charge on any atom is -0.494 e. The van der Waals surface area contributed by atoms with Crippen LogP contribution in [0.3, 0.4) is 0 Å². The molecule has 0 bridgehead atoms. The summed E-state index contributed by atoms with van der Waals surface area (Å²) in [7, 11) is 2.50. The molecular formula is C32H43N3O4. The lowest BCUT2D eigenvalue weighted by Crippen LogP contribution is -2.57. The summed E-state index contributed by atoms with van der Waals surface area (Å²) in [6, 6.07) is 18.4. The highest BCUT2D eigenvalue weighted by molar-refractivity contribution is 5.68. The quantitative estimate of drug-likeness (QED) is 0.483. The van der Waals surface area contributed by atoms with E-state index in [2.05, 4.69) is 35.2 Å². The number of methoxy groups -OCH3 is 1. The second-order valence-electron chi connectivity index (χ2n) is 11.0. The smallest absolute Gasteiger partial charge is 0.409 e. The summed E-state index contributed by atoms with van der Waals surface area (Å²) in [5.41, 5.74) is 3.47. The van der Waals surface area contributed by atoms with Crippen molar-refractivity contribution in [3.8, 4) is 11.8 Å². The van der Waals surface area contributed by atoms with E-state index in [0.29, 0.717) is 30.6 Å². The van der Waals surface area contributed by atoms with Crippen LogP contribution in [-0.2, 0) is 16.7 Å². The van der Waals surface area contributed by atoms with Gasteiger partial charge in [0.15, 0.2) is 0 Å². The summed E-state index contributed by atoms with van der Waals surface area (Å²) in [6.45, 7) is 5.33. The molecule has 210 valence electrons. The van der Waals surface area contributed by atoms with Crippen LogP contribution < -0.4 is 4.74 Å². The Balaban J connectivity index is 0.00000172. The molecule has 2 aromatic rings. The highest BCUT2D eigenvalue weighted by atomic mass is 16.5. The van der Waals surface area contributed by atoms with Crippen LogP contribution in [0.2, 0.25) is 0 Å². The van der Waals surface area contributed by atoms with Crippen LogP contribution in [0, 0.1) is 23.2 Å². The number of rotatable bonds is 7. The van der Waals surface area contributed by atoms with E-state index in [1.54, 1.807) is 12.1 Å². The van der Waals surface area contributed by atoms with E-state index in [0.717, 1.165) is 58.3 Å². The third kappa shape index (κ3) is 6.40. The first-order valence-corrected chi connectivity index (χ1v) is 14.4. The molecule has 0 spiro atoms. The number of benzene rings is 2. The molecule has 1 aliphatic carbocycles. The molecule has 1 unspecified atom stereocenters. The molecule has 7 nitrogen and oxygen atoms in total. The fraction of sp³-hybridized carbons (Fsp3) is 0.562. The maximum atomic E-state index is 12.8. The first-order chi connectivity index (χ1) is 19.1. The molecule has 1 saturated heterocycles. The number of hydrogen-bond acceptors (Lipinski definition) is 6. The number of ether oxygens (including phenoxy) is 2. The fourth-order valence-corrected chi connectivity index (χ4v) is 7.28. The standard InChI is InChI=1S/C31H39N3O3.CH4O/c1-36-30(35)34-22-25-7-2-5-10-29(25)31(23-34,26-8-3-4-9-26)27-15-18-33(19-16-27)17-6-20-37-28-13-11-24(21-32)12-14-28;1-2/h2,5,7,10-14,26-27H,3-4,6,8-9,15-20,22-23H2,1H3;2H,1H3. The molecule has 2 heterocycles. The molecular weight excluding hydrogens is 490 g/mol.